The van der Waals surface area contributed by atoms with Crippen molar-refractivity contribution in [3.05, 3.63) is 212 Å². The van der Waals surface area contributed by atoms with Crippen molar-refractivity contribution in [1.29, 1.82) is 0 Å². The molecule has 0 bridgehead atoms. The van der Waals surface area contributed by atoms with Crippen LogP contribution in [-0.2, 0) is 0 Å². The van der Waals surface area contributed by atoms with Gasteiger partial charge in [0, 0.05) is 32.7 Å². The summed E-state index contributed by atoms with van der Waals surface area (Å²) in [6.07, 6.45) is 0. The van der Waals surface area contributed by atoms with Crippen LogP contribution in [0, 0.1) is 0 Å². The second kappa shape index (κ2) is 13.2. The topological polar surface area (TPSA) is 18.1 Å². The van der Waals surface area contributed by atoms with Crippen LogP contribution in [0.15, 0.2) is 217 Å². The lowest BCUT2D eigenvalue weighted by atomic mass is 9.92. The molecule has 0 saturated carbocycles. The third kappa shape index (κ3) is 5.26. The normalized spacial score (nSPS) is 11.6. The van der Waals surface area contributed by atoms with Gasteiger partial charge in [0.2, 0.25) is 0 Å². The van der Waals surface area contributed by atoms with Gasteiger partial charge in [0.25, 0.3) is 0 Å². The van der Waals surface area contributed by atoms with Crippen molar-refractivity contribution < 1.29 is 4.42 Å². The van der Waals surface area contributed by atoms with Gasteiger partial charge in [0.1, 0.15) is 11.2 Å². The highest BCUT2D eigenvalue weighted by molar-refractivity contribution is 6.16. The Balaban J connectivity index is 1.11. The molecule has 2 heteroatoms. The Morgan fingerprint density at radius 3 is 1.48 bits per heavy atom. The number of hydrogen-bond acceptors (Lipinski definition) is 1. The molecule has 0 aliphatic heterocycles. The highest BCUT2D eigenvalue weighted by Gasteiger charge is 2.20. The van der Waals surface area contributed by atoms with E-state index in [9.17, 15) is 0 Å². The Kier molecular flexibility index (Phi) is 7.53. The number of rotatable bonds is 6. The maximum Gasteiger partial charge on any atom is 0.143 e. The largest absolute Gasteiger partial charge is 0.455 e. The van der Waals surface area contributed by atoms with Gasteiger partial charge in [-0.2, -0.15) is 0 Å². The molecule has 2 heterocycles. The molecule has 0 amide bonds. The fourth-order valence-electron chi connectivity index (χ4n) is 8.58. The highest BCUT2D eigenvalue weighted by Crippen LogP contribution is 2.44. The van der Waals surface area contributed by atoms with Crippen LogP contribution in [0.1, 0.15) is 0 Å². The molecule has 262 valence electrons. The van der Waals surface area contributed by atoms with Crippen molar-refractivity contribution in [2.45, 2.75) is 0 Å². The Morgan fingerprint density at radius 1 is 0.304 bits per heavy atom. The van der Waals surface area contributed by atoms with Gasteiger partial charge in [-0.1, -0.05) is 164 Å². The standard InChI is InChI=1S/C54H35NO/c1-4-15-36(16-5-1)39-27-31-50-47(34-39)48-35-40(37-17-6-2-7-18-37)28-32-51(48)55(50)49-25-12-10-23-43(49)41-21-14-22-42(33-41)44-29-30-45(38-19-8-3-9-20-38)54-53(44)46-24-11-13-26-52(46)56-54/h1-35H. The zero-order valence-electron chi connectivity index (χ0n) is 30.6. The molecule has 0 atom stereocenters. The second-order valence-corrected chi connectivity index (χ2v) is 14.5. The molecule has 0 saturated heterocycles. The zero-order valence-corrected chi connectivity index (χ0v) is 30.6. The molecule has 2 nitrogen and oxygen atoms in total. The molecule has 2 aromatic heterocycles. The van der Waals surface area contributed by atoms with E-state index in [0.717, 1.165) is 55.4 Å². The van der Waals surface area contributed by atoms with E-state index in [0.29, 0.717) is 0 Å². The van der Waals surface area contributed by atoms with E-state index in [2.05, 4.69) is 211 Å². The summed E-state index contributed by atoms with van der Waals surface area (Å²) in [7, 11) is 0. The minimum Gasteiger partial charge on any atom is -0.455 e. The van der Waals surface area contributed by atoms with Gasteiger partial charge in [-0.3, -0.25) is 0 Å². The van der Waals surface area contributed by atoms with Crippen LogP contribution in [0.4, 0.5) is 0 Å². The fourth-order valence-corrected chi connectivity index (χ4v) is 8.58. The van der Waals surface area contributed by atoms with E-state index < -0.39 is 0 Å². The molecule has 0 spiro atoms. The van der Waals surface area contributed by atoms with Crippen LogP contribution in [0.25, 0.3) is 105 Å². The monoisotopic (exact) mass is 713 g/mol. The summed E-state index contributed by atoms with van der Waals surface area (Å²) in [5.41, 5.74) is 17.0. The third-order valence-corrected chi connectivity index (χ3v) is 11.2. The molecular weight excluding hydrogens is 679 g/mol. The van der Waals surface area contributed by atoms with Gasteiger partial charge in [-0.25, -0.2) is 0 Å². The molecule has 0 fully saturated rings. The highest BCUT2D eigenvalue weighted by atomic mass is 16.3. The van der Waals surface area contributed by atoms with Crippen LogP contribution < -0.4 is 0 Å². The maximum atomic E-state index is 6.63. The molecule has 11 aromatic rings. The van der Waals surface area contributed by atoms with Gasteiger partial charge in [-0.05, 0) is 93.0 Å². The summed E-state index contributed by atoms with van der Waals surface area (Å²) >= 11 is 0. The van der Waals surface area contributed by atoms with Crippen LogP contribution in [-0.4, -0.2) is 4.57 Å². The van der Waals surface area contributed by atoms with Crippen molar-refractivity contribution in [2.24, 2.45) is 0 Å². The van der Waals surface area contributed by atoms with E-state index in [4.69, 9.17) is 4.42 Å². The number of aromatic nitrogens is 1. The number of nitrogens with zero attached hydrogens (tertiary/aromatic N) is 1. The van der Waals surface area contributed by atoms with E-state index in [1.807, 2.05) is 6.07 Å². The summed E-state index contributed by atoms with van der Waals surface area (Å²) in [4.78, 5) is 0. The van der Waals surface area contributed by atoms with Gasteiger partial charge in [0.15, 0.2) is 0 Å². The van der Waals surface area contributed by atoms with Gasteiger partial charge in [0.05, 0.1) is 16.7 Å². The van der Waals surface area contributed by atoms with Crippen molar-refractivity contribution in [3.63, 3.8) is 0 Å². The van der Waals surface area contributed by atoms with Crippen molar-refractivity contribution in [3.8, 4) is 61.3 Å². The summed E-state index contributed by atoms with van der Waals surface area (Å²) in [5, 5.41) is 4.72. The van der Waals surface area contributed by atoms with Crippen LogP contribution in [0.3, 0.4) is 0 Å². The Hall–Kier alpha value is -7.42. The Morgan fingerprint density at radius 2 is 0.821 bits per heavy atom. The van der Waals surface area contributed by atoms with Crippen molar-refractivity contribution in [2.75, 3.05) is 0 Å². The quantitative estimate of drug-likeness (QED) is 0.168. The summed E-state index contributed by atoms with van der Waals surface area (Å²) < 4.78 is 9.09. The molecule has 0 unspecified atom stereocenters. The van der Waals surface area contributed by atoms with Crippen LogP contribution in [0.2, 0.25) is 0 Å². The molecule has 11 rings (SSSR count). The molecule has 56 heavy (non-hydrogen) atoms. The van der Waals surface area contributed by atoms with E-state index in [-0.39, 0.29) is 0 Å². The maximum absolute atomic E-state index is 6.63. The van der Waals surface area contributed by atoms with Crippen molar-refractivity contribution >= 4 is 43.7 Å². The molecule has 0 aliphatic rings. The average molecular weight is 714 g/mol. The minimum atomic E-state index is 0.894. The zero-order chi connectivity index (χ0) is 37.0. The first-order valence-corrected chi connectivity index (χ1v) is 19.2. The van der Waals surface area contributed by atoms with E-state index in [1.165, 1.54) is 49.6 Å². The number of hydrogen-bond donors (Lipinski definition) is 0. The molecule has 0 radical (unpaired) electrons. The summed E-state index contributed by atoms with van der Waals surface area (Å²) in [6.45, 7) is 0. The summed E-state index contributed by atoms with van der Waals surface area (Å²) in [6, 6.07) is 76.4. The van der Waals surface area contributed by atoms with E-state index in [1.54, 1.807) is 0 Å². The van der Waals surface area contributed by atoms with Crippen molar-refractivity contribution in [1.82, 2.24) is 4.57 Å². The van der Waals surface area contributed by atoms with Crippen LogP contribution in [0.5, 0.6) is 0 Å². The Bertz CT molecular complexity index is 3130. The minimum absolute atomic E-state index is 0.894. The first-order chi connectivity index (χ1) is 27.8. The first kappa shape index (κ1) is 32.0. The first-order valence-electron chi connectivity index (χ1n) is 19.2. The lowest BCUT2D eigenvalue weighted by Crippen LogP contribution is -1.97. The Labute approximate surface area is 325 Å². The fraction of sp³-hybridized carbons (Fsp3) is 0. The smallest absolute Gasteiger partial charge is 0.143 e. The predicted octanol–water partition coefficient (Wildman–Crippen LogP) is 15.0. The lowest BCUT2D eigenvalue weighted by Gasteiger charge is -2.15. The molecule has 0 aliphatic carbocycles. The second-order valence-electron chi connectivity index (χ2n) is 14.5. The predicted molar refractivity (Wildman–Crippen MR) is 235 cm³/mol. The van der Waals surface area contributed by atoms with Gasteiger partial charge >= 0.3 is 0 Å². The number of fused-ring (bicyclic) bond motifs is 6. The molecule has 0 N–H and O–H groups in total. The van der Waals surface area contributed by atoms with Gasteiger partial charge in [-0.15, -0.1) is 0 Å². The third-order valence-electron chi connectivity index (χ3n) is 11.2. The number of benzene rings is 9. The molecule has 9 aromatic carbocycles. The lowest BCUT2D eigenvalue weighted by molar-refractivity contribution is 0.670. The average Bonchev–Trinajstić information content (AvgIpc) is 3.83. The van der Waals surface area contributed by atoms with Gasteiger partial charge < -0.3 is 8.98 Å². The summed E-state index contributed by atoms with van der Waals surface area (Å²) in [5.74, 6) is 0. The number of para-hydroxylation sites is 2. The molecular formula is C54H35NO. The van der Waals surface area contributed by atoms with E-state index >= 15 is 0 Å². The number of furan rings is 1. The SMILES string of the molecule is c1ccc(-c2ccc3c(c2)c2cc(-c4ccccc4)ccc2n3-c2ccccc2-c2cccc(-c3ccc(-c4ccccc4)c4oc5ccccc5c34)c2)cc1. The van der Waals surface area contributed by atoms with Crippen LogP contribution >= 0.6 is 0 Å².